The maximum atomic E-state index is 13.0. The van der Waals surface area contributed by atoms with Crippen molar-refractivity contribution in [1.29, 1.82) is 0 Å². The van der Waals surface area contributed by atoms with Crippen molar-refractivity contribution in [2.75, 3.05) is 71.4 Å². The van der Waals surface area contributed by atoms with E-state index in [0.717, 1.165) is 117 Å². The van der Waals surface area contributed by atoms with Crippen molar-refractivity contribution in [2.24, 2.45) is 23.7 Å². The molecular weight excluding hydrogens is 753 g/mol. The van der Waals surface area contributed by atoms with Gasteiger partial charge in [0, 0.05) is 107 Å². The average molecular weight is 829 g/mol. The van der Waals surface area contributed by atoms with Crippen LogP contribution >= 0.6 is 0 Å². The molecule has 0 unspecified atom stereocenters. The Balaban J connectivity index is 0.000000228. The van der Waals surface area contributed by atoms with E-state index in [-0.39, 0.29) is 35.0 Å². The minimum atomic E-state index is -0.222. The second-order valence-corrected chi connectivity index (χ2v) is 20.1. The van der Waals surface area contributed by atoms with Crippen LogP contribution in [0.15, 0.2) is 54.9 Å². The molecule has 2 saturated carbocycles. The number of rotatable bonds is 8. The molecule has 2 saturated heterocycles. The van der Waals surface area contributed by atoms with Gasteiger partial charge in [-0.2, -0.15) is 0 Å². The number of aromatic nitrogens is 1. The minimum absolute atomic E-state index is 0.0160. The van der Waals surface area contributed by atoms with Gasteiger partial charge in [-0.25, -0.2) is 9.59 Å². The van der Waals surface area contributed by atoms with Gasteiger partial charge in [-0.1, -0.05) is 18.2 Å². The Labute approximate surface area is 361 Å². The molecule has 2 aliphatic heterocycles. The number of piperidine rings is 1. The third kappa shape index (κ3) is 14.4. The van der Waals surface area contributed by atoms with Gasteiger partial charge in [-0.05, 0) is 153 Å². The summed E-state index contributed by atoms with van der Waals surface area (Å²) < 4.78 is 0. The second-order valence-electron chi connectivity index (χ2n) is 20.1. The first-order chi connectivity index (χ1) is 28.5. The number of amides is 6. The lowest BCUT2D eigenvalue weighted by Crippen LogP contribution is -2.51. The maximum absolute atomic E-state index is 13.0. The fraction of sp³-hybridized carbons (Fsp3) is 0.688. The standard InChI is InChI=1S/2C24H38N4O2/c1-24(2,3)26-23(30)27(4)17-18-5-7-21(8-6-18)22(29)28-15-11-20(12-16-28)19-9-13-25-14-10-19;1-24(2,3)25-23(30)26(4)18-19-10-12-20(13-11-19)22(29)28-16-14-27(15-17-28)21-8-6-5-7-9-21/h9-10,13-14,18,20-21H,5-8,11-12,15-17H2,1-4H3,(H,26,30);5-9,19-20H,10-18H2,1-4H3,(H,25,30). The number of pyridine rings is 1. The lowest BCUT2D eigenvalue weighted by atomic mass is 9.80. The number of carbonyl (C=O) groups excluding carboxylic acids is 4. The molecule has 0 atom stereocenters. The largest absolute Gasteiger partial charge is 0.368 e. The smallest absolute Gasteiger partial charge is 0.317 e. The van der Waals surface area contributed by atoms with Gasteiger partial charge in [0.25, 0.3) is 0 Å². The Hall–Kier alpha value is -4.35. The number of piperazine rings is 1. The first-order valence-corrected chi connectivity index (χ1v) is 22.8. The molecular formula is C48H76N8O4. The summed E-state index contributed by atoms with van der Waals surface area (Å²) in [6.45, 7) is 18.6. The molecule has 3 heterocycles. The van der Waals surface area contributed by atoms with Gasteiger partial charge in [-0.3, -0.25) is 14.6 Å². The van der Waals surface area contributed by atoms with Crippen LogP contribution in [0.5, 0.6) is 0 Å². The first kappa shape index (κ1) is 46.7. The number of benzene rings is 1. The quantitative estimate of drug-likeness (QED) is 0.283. The molecule has 4 fully saturated rings. The fourth-order valence-corrected chi connectivity index (χ4v) is 9.37. The van der Waals surface area contributed by atoms with E-state index in [1.807, 2.05) is 74.1 Å². The highest BCUT2D eigenvalue weighted by atomic mass is 16.2. The Morgan fingerprint density at radius 1 is 0.583 bits per heavy atom. The molecule has 12 heteroatoms. The van der Waals surface area contributed by atoms with E-state index in [0.29, 0.717) is 29.6 Å². The second kappa shape index (κ2) is 21.4. The zero-order valence-electron chi connectivity index (χ0n) is 38.1. The third-order valence-electron chi connectivity index (χ3n) is 12.8. The third-order valence-corrected chi connectivity index (χ3v) is 12.8. The van der Waals surface area contributed by atoms with Crippen molar-refractivity contribution in [3.05, 3.63) is 60.4 Å². The van der Waals surface area contributed by atoms with Crippen molar-refractivity contribution in [2.45, 2.75) is 123 Å². The van der Waals surface area contributed by atoms with Crippen LogP contribution in [-0.2, 0) is 9.59 Å². The summed E-state index contributed by atoms with van der Waals surface area (Å²) >= 11 is 0. The maximum Gasteiger partial charge on any atom is 0.317 e. The van der Waals surface area contributed by atoms with Crippen LogP contribution in [0.1, 0.15) is 117 Å². The summed E-state index contributed by atoms with van der Waals surface area (Å²) in [5, 5.41) is 6.03. The predicted molar refractivity (Wildman–Crippen MR) is 241 cm³/mol. The van der Waals surface area contributed by atoms with E-state index < -0.39 is 0 Å². The number of nitrogens with one attached hydrogen (secondary N) is 2. The van der Waals surface area contributed by atoms with Crippen molar-refractivity contribution in [1.82, 2.24) is 35.2 Å². The zero-order valence-corrected chi connectivity index (χ0v) is 38.1. The van der Waals surface area contributed by atoms with E-state index >= 15 is 0 Å². The SMILES string of the molecule is CN(CC1CCC(C(=O)N2CCC(c3ccncc3)CC2)CC1)C(=O)NC(C)(C)C.CN(CC1CCC(C(=O)N2CCN(c3ccccc3)CC2)CC1)C(=O)NC(C)(C)C. The highest BCUT2D eigenvalue weighted by Crippen LogP contribution is 2.34. The van der Waals surface area contributed by atoms with Gasteiger partial charge in [0.05, 0.1) is 0 Å². The molecule has 0 spiro atoms. The highest BCUT2D eigenvalue weighted by molar-refractivity contribution is 5.80. The van der Waals surface area contributed by atoms with Crippen molar-refractivity contribution >= 4 is 29.6 Å². The lowest BCUT2D eigenvalue weighted by molar-refractivity contribution is -0.138. The van der Waals surface area contributed by atoms with Crippen LogP contribution in [0.2, 0.25) is 0 Å². The number of para-hydroxylation sites is 1. The van der Waals surface area contributed by atoms with Crippen LogP contribution in [0, 0.1) is 23.7 Å². The summed E-state index contributed by atoms with van der Waals surface area (Å²) in [7, 11) is 3.73. The van der Waals surface area contributed by atoms with Crippen LogP contribution in [0.4, 0.5) is 15.3 Å². The Bertz CT molecular complexity index is 1520. The summed E-state index contributed by atoms with van der Waals surface area (Å²) in [5.41, 5.74) is 2.14. The normalized spacial score (nSPS) is 22.8. The number of hydrogen-bond donors (Lipinski definition) is 2. The van der Waals surface area contributed by atoms with Crippen molar-refractivity contribution < 1.29 is 19.2 Å². The average Bonchev–Trinajstić information content (AvgIpc) is 3.23. The summed E-state index contributed by atoms with van der Waals surface area (Å²) in [6.07, 6.45) is 13.7. The van der Waals surface area contributed by atoms with E-state index in [1.165, 1.54) is 11.3 Å². The minimum Gasteiger partial charge on any atom is -0.368 e. The molecule has 1 aromatic heterocycles. The highest BCUT2D eigenvalue weighted by Gasteiger charge is 2.34. The molecule has 6 amide bonds. The van der Waals surface area contributed by atoms with Crippen LogP contribution in [0.25, 0.3) is 0 Å². The molecule has 60 heavy (non-hydrogen) atoms. The predicted octanol–water partition coefficient (Wildman–Crippen LogP) is 7.62. The summed E-state index contributed by atoms with van der Waals surface area (Å²) in [4.78, 5) is 64.8. The molecule has 6 rings (SSSR count). The molecule has 12 nitrogen and oxygen atoms in total. The molecule has 1 aromatic carbocycles. The zero-order chi connectivity index (χ0) is 43.5. The summed E-state index contributed by atoms with van der Waals surface area (Å²) in [6, 6.07) is 14.6. The lowest BCUT2D eigenvalue weighted by Gasteiger charge is -2.39. The van der Waals surface area contributed by atoms with Gasteiger partial charge in [0.15, 0.2) is 0 Å². The molecule has 2 N–H and O–H groups in total. The van der Waals surface area contributed by atoms with Crippen LogP contribution in [-0.4, -0.2) is 126 Å². The number of nitrogens with zero attached hydrogens (tertiary/aromatic N) is 6. The van der Waals surface area contributed by atoms with Gasteiger partial charge in [0.1, 0.15) is 0 Å². The van der Waals surface area contributed by atoms with Crippen molar-refractivity contribution in [3.63, 3.8) is 0 Å². The molecule has 2 aliphatic carbocycles. The van der Waals surface area contributed by atoms with Gasteiger partial charge >= 0.3 is 12.1 Å². The fourth-order valence-electron chi connectivity index (χ4n) is 9.37. The number of anilines is 1. The molecule has 0 radical (unpaired) electrons. The molecule has 4 aliphatic rings. The number of hydrogen-bond acceptors (Lipinski definition) is 6. The summed E-state index contributed by atoms with van der Waals surface area (Å²) in [5.74, 6) is 2.51. The molecule has 332 valence electrons. The van der Waals surface area contributed by atoms with Crippen LogP contribution in [0.3, 0.4) is 0 Å². The Morgan fingerprint density at radius 2 is 1.00 bits per heavy atom. The topological polar surface area (TPSA) is 121 Å². The van der Waals surface area contributed by atoms with E-state index in [2.05, 4.69) is 66.7 Å². The van der Waals surface area contributed by atoms with Gasteiger partial charge < -0.3 is 35.1 Å². The number of likely N-dealkylation sites (tertiary alicyclic amines) is 1. The monoisotopic (exact) mass is 829 g/mol. The van der Waals surface area contributed by atoms with E-state index in [4.69, 9.17) is 0 Å². The molecule has 2 aromatic rings. The van der Waals surface area contributed by atoms with Gasteiger partial charge in [-0.15, -0.1) is 0 Å². The number of urea groups is 2. The van der Waals surface area contributed by atoms with Crippen molar-refractivity contribution in [3.8, 4) is 0 Å². The first-order valence-electron chi connectivity index (χ1n) is 22.8. The van der Waals surface area contributed by atoms with E-state index in [1.54, 1.807) is 9.80 Å². The molecule has 0 bridgehead atoms. The van der Waals surface area contributed by atoms with E-state index in [9.17, 15) is 19.2 Å². The van der Waals surface area contributed by atoms with Gasteiger partial charge in [0.2, 0.25) is 11.8 Å². The van der Waals surface area contributed by atoms with Crippen LogP contribution < -0.4 is 15.5 Å². The Morgan fingerprint density at radius 3 is 1.42 bits per heavy atom. The number of carbonyl (C=O) groups is 4. The Kier molecular flexibility index (Phi) is 16.7.